The quantitative estimate of drug-likeness (QED) is 0.786. The van der Waals surface area contributed by atoms with Crippen LogP contribution in [0.15, 0.2) is 29.1 Å². The summed E-state index contributed by atoms with van der Waals surface area (Å²) < 4.78 is 0. The van der Waals surface area contributed by atoms with E-state index in [1.165, 1.54) is 5.56 Å². The number of benzene rings is 1. The molecular formula is C21H26N4O2. The minimum Gasteiger partial charge on any atom is -0.352 e. The van der Waals surface area contributed by atoms with E-state index < -0.39 is 0 Å². The lowest BCUT2D eigenvalue weighted by Gasteiger charge is -2.12. The lowest BCUT2D eigenvalue weighted by atomic mass is 9.99. The van der Waals surface area contributed by atoms with Gasteiger partial charge in [-0.3, -0.25) is 9.59 Å². The van der Waals surface area contributed by atoms with Gasteiger partial charge < -0.3 is 15.2 Å². The Morgan fingerprint density at radius 3 is 2.41 bits per heavy atom. The van der Waals surface area contributed by atoms with Gasteiger partial charge in [0.05, 0.1) is 0 Å². The van der Waals surface area contributed by atoms with E-state index in [2.05, 4.69) is 27.3 Å². The van der Waals surface area contributed by atoms with Crippen molar-refractivity contribution in [2.75, 3.05) is 14.1 Å². The van der Waals surface area contributed by atoms with Gasteiger partial charge >= 0.3 is 0 Å². The van der Waals surface area contributed by atoms with Gasteiger partial charge in [-0.05, 0) is 56.6 Å². The van der Waals surface area contributed by atoms with Crippen molar-refractivity contribution in [2.24, 2.45) is 0 Å². The summed E-state index contributed by atoms with van der Waals surface area (Å²) in [4.78, 5) is 28.7. The maximum absolute atomic E-state index is 12.2. The van der Waals surface area contributed by atoms with Gasteiger partial charge in [-0.25, -0.2) is 0 Å². The van der Waals surface area contributed by atoms with Crippen LogP contribution in [-0.4, -0.2) is 29.9 Å². The lowest BCUT2D eigenvalue weighted by Crippen LogP contribution is -2.24. The molecule has 0 fully saturated rings. The van der Waals surface area contributed by atoms with Crippen LogP contribution >= 0.6 is 0 Å². The summed E-state index contributed by atoms with van der Waals surface area (Å²) in [6, 6.07) is 10.1. The molecule has 1 amide bonds. The highest BCUT2D eigenvalue weighted by Crippen LogP contribution is 2.15. The molecule has 0 atom stereocenters. The average Bonchev–Trinajstić information content (AvgIpc) is 2.60. The Morgan fingerprint density at radius 2 is 1.81 bits per heavy atom. The zero-order valence-electron chi connectivity index (χ0n) is 16.3. The molecule has 27 heavy (non-hydrogen) atoms. The highest BCUT2D eigenvalue weighted by atomic mass is 16.1. The first-order chi connectivity index (χ1) is 12.8. The number of aromatic amines is 1. The fourth-order valence-corrected chi connectivity index (χ4v) is 3.08. The number of pyridine rings is 1. The zero-order valence-corrected chi connectivity index (χ0v) is 16.3. The predicted octanol–water partition coefficient (Wildman–Crippen LogP) is 2.17. The van der Waals surface area contributed by atoms with Gasteiger partial charge in [0.2, 0.25) is 5.91 Å². The Labute approximate surface area is 159 Å². The molecule has 1 aromatic heterocycles. The Morgan fingerprint density at radius 1 is 1.19 bits per heavy atom. The molecule has 0 aliphatic carbocycles. The Kier molecular flexibility index (Phi) is 6.91. The van der Waals surface area contributed by atoms with Crippen molar-refractivity contribution in [2.45, 2.75) is 39.8 Å². The first kappa shape index (κ1) is 20.4. The van der Waals surface area contributed by atoms with E-state index in [-0.39, 0.29) is 17.0 Å². The summed E-state index contributed by atoms with van der Waals surface area (Å²) >= 11 is 0. The third-order valence-corrected chi connectivity index (χ3v) is 4.53. The number of nitriles is 1. The number of hydrogen-bond donors (Lipinski definition) is 2. The maximum atomic E-state index is 12.2. The summed E-state index contributed by atoms with van der Waals surface area (Å²) in [7, 11) is 4.05. The van der Waals surface area contributed by atoms with E-state index in [0.29, 0.717) is 30.6 Å². The number of nitrogens with zero attached hydrogens (tertiary/aromatic N) is 2. The molecule has 2 N–H and O–H groups in total. The molecule has 0 radical (unpaired) electrons. The number of amides is 1. The largest absolute Gasteiger partial charge is 0.352 e. The summed E-state index contributed by atoms with van der Waals surface area (Å²) in [5.41, 5.74) is 4.24. The SMILES string of the molecule is Cc1[nH]c(=O)c(C#N)c(C)c1CCC(=O)NCc1ccc(CN(C)C)cc1. The summed E-state index contributed by atoms with van der Waals surface area (Å²) in [5, 5.41) is 12.0. The topological polar surface area (TPSA) is 89.0 Å². The van der Waals surface area contributed by atoms with Crippen LogP contribution in [0.2, 0.25) is 0 Å². The molecule has 142 valence electrons. The second-order valence-corrected chi connectivity index (χ2v) is 7.00. The molecule has 0 bridgehead atoms. The van der Waals surface area contributed by atoms with Gasteiger partial charge in [0, 0.05) is 25.2 Å². The van der Waals surface area contributed by atoms with Gasteiger partial charge in [-0.1, -0.05) is 24.3 Å². The predicted molar refractivity (Wildman–Crippen MR) is 105 cm³/mol. The van der Waals surface area contributed by atoms with Crippen molar-refractivity contribution in [3.8, 4) is 6.07 Å². The van der Waals surface area contributed by atoms with Gasteiger partial charge in [0.15, 0.2) is 0 Å². The Bertz CT molecular complexity index is 906. The number of aryl methyl sites for hydroxylation is 1. The fourth-order valence-electron chi connectivity index (χ4n) is 3.08. The summed E-state index contributed by atoms with van der Waals surface area (Å²) in [5.74, 6) is -0.0594. The van der Waals surface area contributed by atoms with Crippen LogP contribution < -0.4 is 10.9 Å². The molecule has 2 aromatic rings. The van der Waals surface area contributed by atoms with Crippen LogP contribution in [0.4, 0.5) is 0 Å². The molecule has 0 spiro atoms. The summed E-state index contributed by atoms with van der Waals surface area (Å²) in [6.07, 6.45) is 0.786. The molecule has 0 saturated carbocycles. The lowest BCUT2D eigenvalue weighted by molar-refractivity contribution is -0.121. The van der Waals surface area contributed by atoms with Crippen LogP contribution in [0, 0.1) is 25.2 Å². The average molecular weight is 366 g/mol. The van der Waals surface area contributed by atoms with E-state index in [0.717, 1.165) is 17.7 Å². The normalized spacial score (nSPS) is 10.7. The molecule has 0 saturated heterocycles. The first-order valence-corrected chi connectivity index (χ1v) is 8.93. The zero-order chi connectivity index (χ0) is 20.0. The van der Waals surface area contributed by atoms with E-state index in [1.807, 2.05) is 32.3 Å². The van der Waals surface area contributed by atoms with Crippen LogP contribution in [0.1, 0.15) is 39.9 Å². The van der Waals surface area contributed by atoms with E-state index >= 15 is 0 Å². The van der Waals surface area contributed by atoms with Crippen molar-refractivity contribution in [1.82, 2.24) is 15.2 Å². The van der Waals surface area contributed by atoms with E-state index in [9.17, 15) is 9.59 Å². The molecular weight excluding hydrogens is 340 g/mol. The monoisotopic (exact) mass is 366 g/mol. The van der Waals surface area contributed by atoms with Crippen LogP contribution in [-0.2, 0) is 24.3 Å². The Balaban J connectivity index is 1.92. The maximum Gasteiger partial charge on any atom is 0.266 e. The molecule has 6 heteroatoms. The number of hydrogen-bond acceptors (Lipinski definition) is 4. The highest BCUT2D eigenvalue weighted by Gasteiger charge is 2.13. The second-order valence-electron chi connectivity index (χ2n) is 7.00. The molecule has 6 nitrogen and oxygen atoms in total. The molecule has 0 aliphatic rings. The van der Waals surface area contributed by atoms with Gasteiger partial charge in [0.25, 0.3) is 5.56 Å². The van der Waals surface area contributed by atoms with Crippen molar-refractivity contribution >= 4 is 5.91 Å². The molecule has 2 rings (SSSR count). The minimum atomic E-state index is -0.376. The van der Waals surface area contributed by atoms with Crippen molar-refractivity contribution < 1.29 is 4.79 Å². The third kappa shape index (κ3) is 5.53. The highest BCUT2D eigenvalue weighted by molar-refractivity contribution is 5.76. The number of carbonyl (C=O) groups is 1. The van der Waals surface area contributed by atoms with Gasteiger partial charge in [-0.15, -0.1) is 0 Å². The van der Waals surface area contributed by atoms with Crippen LogP contribution in [0.3, 0.4) is 0 Å². The van der Waals surface area contributed by atoms with Crippen LogP contribution in [0.25, 0.3) is 0 Å². The van der Waals surface area contributed by atoms with E-state index in [1.54, 1.807) is 13.8 Å². The standard InChI is InChI=1S/C21H26N4O2/c1-14-18(15(2)24-21(27)19(14)11-22)9-10-20(26)23-12-16-5-7-17(8-6-16)13-25(3)4/h5-8H,9-10,12-13H2,1-4H3,(H,23,26)(H,24,27). The Hall–Kier alpha value is -2.91. The van der Waals surface area contributed by atoms with Gasteiger partial charge in [-0.2, -0.15) is 5.26 Å². The third-order valence-electron chi connectivity index (χ3n) is 4.53. The number of carbonyl (C=O) groups excluding carboxylic acids is 1. The summed E-state index contributed by atoms with van der Waals surface area (Å²) in [6.45, 7) is 4.91. The number of aromatic nitrogens is 1. The smallest absolute Gasteiger partial charge is 0.266 e. The second kappa shape index (κ2) is 9.15. The number of H-pyrrole nitrogens is 1. The number of rotatable bonds is 7. The molecule has 1 heterocycles. The minimum absolute atomic E-state index is 0.0594. The molecule has 1 aromatic carbocycles. The fraction of sp³-hybridized carbons (Fsp3) is 0.381. The molecule has 0 aliphatic heterocycles. The van der Waals surface area contributed by atoms with E-state index in [4.69, 9.17) is 5.26 Å². The van der Waals surface area contributed by atoms with Crippen molar-refractivity contribution in [3.63, 3.8) is 0 Å². The van der Waals surface area contributed by atoms with Crippen LogP contribution in [0.5, 0.6) is 0 Å². The van der Waals surface area contributed by atoms with Crippen molar-refractivity contribution in [1.29, 1.82) is 5.26 Å². The first-order valence-electron chi connectivity index (χ1n) is 8.93. The number of nitrogens with one attached hydrogen (secondary N) is 2. The molecule has 0 unspecified atom stereocenters. The van der Waals surface area contributed by atoms with Crippen molar-refractivity contribution in [3.05, 3.63) is 68.1 Å². The van der Waals surface area contributed by atoms with Gasteiger partial charge in [0.1, 0.15) is 11.6 Å².